The quantitative estimate of drug-likeness (QED) is 0.708. The van der Waals surface area contributed by atoms with Gasteiger partial charge in [-0.25, -0.2) is 0 Å². The van der Waals surface area contributed by atoms with E-state index in [0.717, 1.165) is 26.1 Å². The third kappa shape index (κ3) is 3.56. The van der Waals surface area contributed by atoms with Gasteiger partial charge >= 0.3 is 0 Å². The van der Waals surface area contributed by atoms with Crippen molar-refractivity contribution < 1.29 is 5.11 Å². The Morgan fingerprint density at radius 1 is 1.36 bits per heavy atom. The van der Waals surface area contributed by atoms with E-state index in [1.807, 2.05) is 13.8 Å². The molecule has 3 nitrogen and oxygen atoms in total. The van der Waals surface area contributed by atoms with E-state index in [4.69, 9.17) is 0 Å². The van der Waals surface area contributed by atoms with Crippen molar-refractivity contribution in [3.63, 3.8) is 0 Å². The molecule has 0 spiro atoms. The molecule has 1 aliphatic heterocycles. The van der Waals surface area contributed by atoms with Crippen LogP contribution in [0.4, 0.5) is 0 Å². The highest BCUT2D eigenvalue weighted by Gasteiger charge is 2.27. The van der Waals surface area contributed by atoms with Gasteiger partial charge in [-0.2, -0.15) is 0 Å². The molecule has 0 aromatic heterocycles. The standard InChI is InChI=1S/C11H24N2O/c1-5-11(4,14)8-13-6-9(2)12-10(3)7-13/h9-10,12,14H,5-8H2,1-4H3/t9-,10+,11?. The summed E-state index contributed by atoms with van der Waals surface area (Å²) in [6.45, 7) is 11.2. The third-order valence-corrected chi connectivity index (χ3v) is 2.96. The fraction of sp³-hybridized carbons (Fsp3) is 1.00. The molecule has 1 rings (SSSR count). The fourth-order valence-electron chi connectivity index (χ4n) is 2.16. The van der Waals surface area contributed by atoms with E-state index in [0.29, 0.717) is 12.1 Å². The Kier molecular flexibility index (Phi) is 3.93. The first kappa shape index (κ1) is 12.0. The molecular weight excluding hydrogens is 176 g/mol. The van der Waals surface area contributed by atoms with Crippen LogP contribution in [0.1, 0.15) is 34.1 Å². The number of hydrogen-bond donors (Lipinski definition) is 2. The van der Waals surface area contributed by atoms with Crippen LogP contribution in [-0.2, 0) is 0 Å². The lowest BCUT2D eigenvalue weighted by atomic mass is 10.0. The lowest BCUT2D eigenvalue weighted by molar-refractivity contribution is 0.00460. The molecule has 1 unspecified atom stereocenters. The Morgan fingerprint density at radius 2 is 1.86 bits per heavy atom. The molecule has 0 bridgehead atoms. The Bertz CT molecular complexity index is 172. The molecule has 3 heteroatoms. The molecule has 84 valence electrons. The summed E-state index contributed by atoms with van der Waals surface area (Å²) < 4.78 is 0. The van der Waals surface area contributed by atoms with E-state index in [9.17, 15) is 5.11 Å². The average molecular weight is 200 g/mol. The van der Waals surface area contributed by atoms with Crippen LogP contribution in [-0.4, -0.2) is 47.3 Å². The second-order valence-electron chi connectivity index (χ2n) is 5.01. The number of piperazine rings is 1. The molecule has 0 amide bonds. The van der Waals surface area contributed by atoms with E-state index in [1.165, 1.54) is 0 Å². The Hall–Kier alpha value is -0.120. The van der Waals surface area contributed by atoms with Crippen molar-refractivity contribution in [2.75, 3.05) is 19.6 Å². The predicted octanol–water partition coefficient (Wildman–Crippen LogP) is 0.830. The third-order valence-electron chi connectivity index (χ3n) is 2.96. The summed E-state index contributed by atoms with van der Waals surface area (Å²) in [5.74, 6) is 0. The van der Waals surface area contributed by atoms with Gasteiger partial charge in [0.05, 0.1) is 5.60 Å². The van der Waals surface area contributed by atoms with Gasteiger partial charge in [-0.15, -0.1) is 0 Å². The van der Waals surface area contributed by atoms with Crippen molar-refractivity contribution in [2.45, 2.75) is 51.8 Å². The highest BCUT2D eigenvalue weighted by Crippen LogP contribution is 2.13. The second-order valence-corrected chi connectivity index (χ2v) is 5.01. The highest BCUT2D eigenvalue weighted by molar-refractivity contribution is 4.85. The molecule has 0 aromatic carbocycles. The van der Waals surface area contributed by atoms with Gasteiger partial charge in [0.1, 0.15) is 0 Å². The van der Waals surface area contributed by atoms with Crippen LogP contribution in [0.3, 0.4) is 0 Å². The maximum atomic E-state index is 9.99. The fourth-order valence-corrected chi connectivity index (χ4v) is 2.16. The number of hydrogen-bond acceptors (Lipinski definition) is 3. The van der Waals surface area contributed by atoms with Crippen molar-refractivity contribution in [2.24, 2.45) is 0 Å². The van der Waals surface area contributed by atoms with Gasteiger partial charge < -0.3 is 10.4 Å². The van der Waals surface area contributed by atoms with Crippen molar-refractivity contribution in [3.05, 3.63) is 0 Å². The summed E-state index contributed by atoms with van der Waals surface area (Å²) in [5.41, 5.74) is -0.531. The van der Waals surface area contributed by atoms with E-state index >= 15 is 0 Å². The van der Waals surface area contributed by atoms with Gasteiger partial charge in [-0.05, 0) is 27.2 Å². The molecule has 1 heterocycles. The second kappa shape index (κ2) is 4.60. The number of rotatable bonds is 3. The molecule has 0 aromatic rings. The summed E-state index contributed by atoms with van der Waals surface area (Å²) in [6, 6.07) is 1.07. The van der Waals surface area contributed by atoms with Crippen molar-refractivity contribution in [1.29, 1.82) is 0 Å². The minimum absolute atomic E-state index is 0.531. The van der Waals surface area contributed by atoms with Crippen LogP contribution in [0.5, 0.6) is 0 Å². The lowest BCUT2D eigenvalue weighted by Gasteiger charge is -2.39. The van der Waals surface area contributed by atoms with Crippen LogP contribution < -0.4 is 5.32 Å². The van der Waals surface area contributed by atoms with E-state index in [2.05, 4.69) is 24.1 Å². The van der Waals surface area contributed by atoms with E-state index < -0.39 is 5.60 Å². The SMILES string of the molecule is CCC(C)(O)CN1C[C@@H](C)N[C@@H](C)C1. The number of nitrogens with zero attached hydrogens (tertiary/aromatic N) is 1. The molecular formula is C11H24N2O. The van der Waals surface area contributed by atoms with Crippen molar-refractivity contribution in [3.8, 4) is 0 Å². The van der Waals surface area contributed by atoms with Gasteiger partial charge in [0.2, 0.25) is 0 Å². The van der Waals surface area contributed by atoms with E-state index in [1.54, 1.807) is 0 Å². The Morgan fingerprint density at radius 3 is 2.29 bits per heavy atom. The summed E-state index contributed by atoms with van der Waals surface area (Å²) in [6.07, 6.45) is 0.819. The Balaban J connectivity index is 2.44. The number of nitrogens with one attached hydrogen (secondary N) is 1. The van der Waals surface area contributed by atoms with Crippen LogP contribution in [0.15, 0.2) is 0 Å². The zero-order valence-corrected chi connectivity index (χ0v) is 9.88. The maximum Gasteiger partial charge on any atom is 0.0743 e. The van der Waals surface area contributed by atoms with Gasteiger partial charge in [0.25, 0.3) is 0 Å². The van der Waals surface area contributed by atoms with Gasteiger partial charge in [0.15, 0.2) is 0 Å². The van der Waals surface area contributed by atoms with Gasteiger partial charge in [0, 0.05) is 31.7 Å². The van der Waals surface area contributed by atoms with Gasteiger partial charge in [-0.1, -0.05) is 6.92 Å². The van der Waals surface area contributed by atoms with Crippen LogP contribution >= 0.6 is 0 Å². The molecule has 1 fully saturated rings. The normalized spacial score (nSPS) is 34.1. The first-order chi connectivity index (χ1) is 6.43. The summed E-state index contributed by atoms with van der Waals surface area (Å²) >= 11 is 0. The Labute approximate surface area is 87.5 Å². The van der Waals surface area contributed by atoms with Crippen LogP contribution in [0.25, 0.3) is 0 Å². The molecule has 2 N–H and O–H groups in total. The molecule has 1 aliphatic rings. The zero-order chi connectivity index (χ0) is 10.8. The van der Waals surface area contributed by atoms with Crippen molar-refractivity contribution in [1.82, 2.24) is 10.2 Å². The van der Waals surface area contributed by atoms with Crippen LogP contribution in [0, 0.1) is 0 Å². The number of aliphatic hydroxyl groups is 1. The minimum atomic E-state index is -0.531. The molecule has 0 aliphatic carbocycles. The topological polar surface area (TPSA) is 35.5 Å². The maximum absolute atomic E-state index is 9.99. The van der Waals surface area contributed by atoms with Crippen LogP contribution in [0.2, 0.25) is 0 Å². The van der Waals surface area contributed by atoms with E-state index in [-0.39, 0.29) is 0 Å². The molecule has 0 radical (unpaired) electrons. The molecule has 14 heavy (non-hydrogen) atoms. The monoisotopic (exact) mass is 200 g/mol. The smallest absolute Gasteiger partial charge is 0.0743 e. The molecule has 1 saturated heterocycles. The summed E-state index contributed by atoms with van der Waals surface area (Å²) in [5, 5.41) is 13.5. The molecule has 0 saturated carbocycles. The first-order valence-electron chi connectivity index (χ1n) is 5.64. The first-order valence-corrected chi connectivity index (χ1v) is 5.64. The molecule has 3 atom stereocenters. The minimum Gasteiger partial charge on any atom is -0.389 e. The summed E-state index contributed by atoms with van der Waals surface area (Å²) in [7, 11) is 0. The average Bonchev–Trinajstić information content (AvgIpc) is 2.01. The number of β-amino-alcohol motifs (C(OH)–C–C–N with tert-alkyl or cyclic N) is 1. The highest BCUT2D eigenvalue weighted by atomic mass is 16.3. The van der Waals surface area contributed by atoms with Gasteiger partial charge in [-0.3, -0.25) is 4.90 Å². The van der Waals surface area contributed by atoms with Crippen molar-refractivity contribution >= 4 is 0 Å². The zero-order valence-electron chi connectivity index (χ0n) is 9.88. The largest absolute Gasteiger partial charge is 0.389 e. The summed E-state index contributed by atoms with van der Waals surface area (Å²) in [4.78, 5) is 2.36. The lowest BCUT2D eigenvalue weighted by Crippen LogP contribution is -2.57. The predicted molar refractivity (Wildman–Crippen MR) is 59.4 cm³/mol.